The summed E-state index contributed by atoms with van der Waals surface area (Å²) in [6, 6.07) is 13.2. The van der Waals surface area contributed by atoms with E-state index in [0.717, 1.165) is 37.4 Å². The number of nitrogens with zero attached hydrogens (tertiary/aromatic N) is 6. The molecule has 1 saturated heterocycles. The summed E-state index contributed by atoms with van der Waals surface area (Å²) in [6.45, 7) is 1.74. The fourth-order valence-corrected chi connectivity index (χ4v) is 3.10. The number of carbonyl (C=O) groups excluding carboxylic acids is 1. The minimum absolute atomic E-state index is 0.264. The molecule has 132 valence electrons. The first-order valence-electron chi connectivity index (χ1n) is 8.59. The van der Waals surface area contributed by atoms with E-state index in [1.54, 1.807) is 18.7 Å². The van der Waals surface area contributed by atoms with E-state index in [0.29, 0.717) is 11.7 Å². The van der Waals surface area contributed by atoms with Crippen molar-refractivity contribution < 1.29 is 4.79 Å². The van der Waals surface area contributed by atoms with Gasteiger partial charge < -0.3 is 10.2 Å². The molecule has 0 spiro atoms. The summed E-state index contributed by atoms with van der Waals surface area (Å²) >= 11 is 0. The lowest BCUT2D eigenvalue weighted by molar-refractivity contribution is 0.102. The SMILES string of the molecule is O=C(Nc1ccccc1)c1ccc(N2CCC(n3cncn3)CC2)nn1. The molecule has 8 heteroatoms. The van der Waals surface area contributed by atoms with Crippen LogP contribution in [0.3, 0.4) is 0 Å². The highest BCUT2D eigenvalue weighted by atomic mass is 16.1. The molecule has 1 aliphatic heterocycles. The number of para-hydroxylation sites is 1. The Bertz CT molecular complexity index is 841. The van der Waals surface area contributed by atoms with Gasteiger partial charge in [-0.05, 0) is 37.1 Å². The molecule has 0 bridgehead atoms. The molecule has 2 aromatic heterocycles. The molecule has 0 atom stereocenters. The maximum atomic E-state index is 12.2. The van der Waals surface area contributed by atoms with Crippen molar-refractivity contribution in [3.63, 3.8) is 0 Å². The van der Waals surface area contributed by atoms with Crippen molar-refractivity contribution in [2.75, 3.05) is 23.3 Å². The molecule has 1 fully saturated rings. The number of rotatable bonds is 4. The van der Waals surface area contributed by atoms with E-state index in [1.807, 2.05) is 41.1 Å². The Labute approximate surface area is 150 Å². The Hall–Kier alpha value is -3.29. The van der Waals surface area contributed by atoms with Crippen LogP contribution in [-0.4, -0.2) is 44.0 Å². The van der Waals surface area contributed by atoms with Gasteiger partial charge in [0.05, 0.1) is 6.04 Å². The maximum absolute atomic E-state index is 12.2. The number of piperidine rings is 1. The molecule has 4 rings (SSSR count). The second-order valence-electron chi connectivity index (χ2n) is 6.19. The van der Waals surface area contributed by atoms with Crippen molar-refractivity contribution in [2.24, 2.45) is 0 Å². The van der Waals surface area contributed by atoms with Crippen LogP contribution in [0.2, 0.25) is 0 Å². The number of hydrogen-bond acceptors (Lipinski definition) is 6. The van der Waals surface area contributed by atoms with Crippen molar-refractivity contribution in [2.45, 2.75) is 18.9 Å². The smallest absolute Gasteiger partial charge is 0.276 e. The number of anilines is 2. The molecule has 0 radical (unpaired) electrons. The quantitative estimate of drug-likeness (QED) is 0.776. The molecule has 1 aromatic carbocycles. The van der Waals surface area contributed by atoms with E-state index < -0.39 is 0 Å². The second kappa shape index (κ2) is 7.30. The Morgan fingerprint density at radius 1 is 1.04 bits per heavy atom. The van der Waals surface area contributed by atoms with Gasteiger partial charge in [0.2, 0.25) is 0 Å². The van der Waals surface area contributed by atoms with Gasteiger partial charge in [0.1, 0.15) is 12.7 Å². The predicted octanol–water partition coefficient (Wildman–Crippen LogP) is 2.16. The van der Waals surface area contributed by atoms with Crippen LogP contribution >= 0.6 is 0 Å². The average molecular weight is 349 g/mol. The monoisotopic (exact) mass is 349 g/mol. The zero-order valence-electron chi connectivity index (χ0n) is 14.2. The molecular weight excluding hydrogens is 330 g/mol. The van der Waals surface area contributed by atoms with E-state index in [9.17, 15) is 4.79 Å². The molecule has 8 nitrogen and oxygen atoms in total. The van der Waals surface area contributed by atoms with Gasteiger partial charge in [-0.2, -0.15) is 5.10 Å². The summed E-state index contributed by atoms with van der Waals surface area (Å²) in [6.07, 6.45) is 5.28. The lowest BCUT2D eigenvalue weighted by Gasteiger charge is -2.32. The van der Waals surface area contributed by atoms with Crippen LogP contribution in [-0.2, 0) is 0 Å². The van der Waals surface area contributed by atoms with Crippen molar-refractivity contribution in [1.82, 2.24) is 25.0 Å². The van der Waals surface area contributed by atoms with Crippen LogP contribution in [0.25, 0.3) is 0 Å². The standard InChI is InChI=1S/C18H19N7O/c26-18(21-14-4-2-1-3-5-14)16-6-7-17(23-22-16)24-10-8-15(9-11-24)25-13-19-12-20-25/h1-7,12-13,15H,8-11H2,(H,21,26). The predicted molar refractivity (Wildman–Crippen MR) is 96.9 cm³/mol. The van der Waals surface area contributed by atoms with Gasteiger partial charge in [-0.3, -0.25) is 4.79 Å². The van der Waals surface area contributed by atoms with E-state index in [4.69, 9.17) is 0 Å². The first-order valence-corrected chi connectivity index (χ1v) is 8.59. The molecule has 1 aliphatic rings. The van der Waals surface area contributed by atoms with Crippen LogP contribution in [0, 0.1) is 0 Å². The normalized spacial score (nSPS) is 15.0. The van der Waals surface area contributed by atoms with Gasteiger partial charge in [0.25, 0.3) is 5.91 Å². The summed E-state index contributed by atoms with van der Waals surface area (Å²) in [5, 5.41) is 15.3. The van der Waals surface area contributed by atoms with E-state index in [2.05, 4.69) is 30.5 Å². The molecule has 1 N–H and O–H groups in total. The molecule has 1 amide bonds. The van der Waals surface area contributed by atoms with Crippen molar-refractivity contribution >= 4 is 17.4 Å². The largest absolute Gasteiger partial charge is 0.355 e. The Morgan fingerprint density at radius 2 is 1.85 bits per heavy atom. The van der Waals surface area contributed by atoms with E-state index in [1.165, 1.54) is 0 Å². The minimum atomic E-state index is -0.264. The highest BCUT2D eigenvalue weighted by molar-refractivity contribution is 6.02. The van der Waals surface area contributed by atoms with Gasteiger partial charge in [-0.25, -0.2) is 9.67 Å². The van der Waals surface area contributed by atoms with Gasteiger partial charge in [0, 0.05) is 18.8 Å². The van der Waals surface area contributed by atoms with Crippen molar-refractivity contribution in [1.29, 1.82) is 0 Å². The number of benzene rings is 1. The van der Waals surface area contributed by atoms with E-state index >= 15 is 0 Å². The van der Waals surface area contributed by atoms with E-state index in [-0.39, 0.29) is 5.91 Å². The first-order chi connectivity index (χ1) is 12.8. The van der Waals surface area contributed by atoms with Crippen LogP contribution in [0.5, 0.6) is 0 Å². The van der Waals surface area contributed by atoms with Crippen LogP contribution in [0.4, 0.5) is 11.5 Å². The molecule has 3 aromatic rings. The highest BCUT2D eigenvalue weighted by Crippen LogP contribution is 2.24. The van der Waals surface area contributed by atoms with Gasteiger partial charge >= 0.3 is 0 Å². The van der Waals surface area contributed by atoms with Gasteiger partial charge in [0.15, 0.2) is 11.5 Å². The van der Waals surface area contributed by atoms with Crippen LogP contribution < -0.4 is 10.2 Å². The third-order valence-electron chi connectivity index (χ3n) is 4.51. The van der Waals surface area contributed by atoms with Crippen LogP contribution in [0.1, 0.15) is 29.4 Å². The summed E-state index contributed by atoms with van der Waals surface area (Å²) < 4.78 is 1.92. The lowest BCUT2D eigenvalue weighted by Crippen LogP contribution is -2.35. The highest BCUT2D eigenvalue weighted by Gasteiger charge is 2.22. The molecule has 0 aliphatic carbocycles. The fourth-order valence-electron chi connectivity index (χ4n) is 3.10. The fraction of sp³-hybridized carbons (Fsp3) is 0.278. The third kappa shape index (κ3) is 3.53. The minimum Gasteiger partial charge on any atom is -0.355 e. The molecule has 0 unspecified atom stereocenters. The number of aromatic nitrogens is 5. The van der Waals surface area contributed by atoms with Crippen LogP contribution in [0.15, 0.2) is 55.1 Å². The Balaban J connectivity index is 1.36. The lowest BCUT2D eigenvalue weighted by atomic mass is 10.1. The van der Waals surface area contributed by atoms with Gasteiger partial charge in [-0.1, -0.05) is 18.2 Å². The summed E-state index contributed by atoms with van der Waals surface area (Å²) in [5.74, 6) is 0.526. The van der Waals surface area contributed by atoms with Crippen molar-refractivity contribution in [3.05, 3.63) is 60.8 Å². The third-order valence-corrected chi connectivity index (χ3v) is 4.51. The topological polar surface area (TPSA) is 88.8 Å². The number of carbonyl (C=O) groups is 1. The summed E-state index contributed by atoms with van der Waals surface area (Å²) in [5.41, 5.74) is 1.04. The average Bonchev–Trinajstić information content (AvgIpc) is 3.24. The summed E-state index contributed by atoms with van der Waals surface area (Å²) in [7, 11) is 0. The maximum Gasteiger partial charge on any atom is 0.276 e. The Kier molecular flexibility index (Phi) is 4.55. The van der Waals surface area contributed by atoms with Gasteiger partial charge in [-0.15, -0.1) is 10.2 Å². The Morgan fingerprint density at radius 3 is 2.50 bits per heavy atom. The van der Waals surface area contributed by atoms with Crippen molar-refractivity contribution in [3.8, 4) is 0 Å². The number of hydrogen-bond donors (Lipinski definition) is 1. The second-order valence-corrected chi connectivity index (χ2v) is 6.19. The number of amides is 1. The molecular formula is C18H19N7O. The summed E-state index contributed by atoms with van der Waals surface area (Å²) in [4.78, 5) is 18.4. The molecule has 26 heavy (non-hydrogen) atoms. The molecule has 0 saturated carbocycles. The number of nitrogens with one attached hydrogen (secondary N) is 1. The zero-order valence-corrected chi connectivity index (χ0v) is 14.2. The first kappa shape index (κ1) is 16.2. The zero-order chi connectivity index (χ0) is 17.8. The molecule has 3 heterocycles.